The molecule has 0 amide bonds. The van der Waals surface area contributed by atoms with Crippen LogP contribution in [0.15, 0.2) is 48.5 Å². The predicted octanol–water partition coefficient (Wildman–Crippen LogP) is 2.08. The molecule has 154 valence electrons. The lowest BCUT2D eigenvalue weighted by molar-refractivity contribution is -0.152. The first-order valence-electron chi connectivity index (χ1n) is 8.35. The van der Waals surface area contributed by atoms with Crippen LogP contribution in [0.25, 0.3) is 0 Å². The summed E-state index contributed by atoms with van der Waals surface area (Å²) in [5.41, 5.74) is -2.94. The number of Topliss-reactive ketones (excluding diaryl/α,β-unsaturated/α-hetero) is 2. The lowest BCUT2D eigenvalue weighted by Gasteiger charge is -2.33. The minimum absolute atomic E-state index is 0.0136. The number of aliphatic hydroxyl groups is 3. The van der Waals surface area contributed by atoms with Crippen LogP contribution in [-0.4, -0.2) is 57.8 Å². The Morgan fingerprint density at radius 2 is 1.38 bits per heavy atom. The van der Waals surface area contributed by atoms with Gasteiger partial charge in [-0.05, 0) is 48.5 Å². The molecule has 9 heteroatoms. The second kappa shape index (κ2) is 9.47. The van der Waals surface area contributed by atoms with E-state index < -0.39 is 41.8 Å². The van der Waals surface area contributed by atoms with Crippen molar-refractivity contribution in [1.82, 2.24) is 0 Å². The number of ether oxygens (including phenoxy) is 1. The average Bonchev–Trinajstić information content (AvgIpc) is 2.72. The quantitative estimate of drug-likeness (QED) is 0.424. The highest BCUT2D eigenvalue weighted by Gasteiger charge is 2.50. The van der Waals surface area contributed by atoms with Crippen molar-refractivity contribution < 1.29 is 34.4 Å². The first-order chi connectivity index (χ1) is 13.6. The minimum Gasteiger partial charge on any atom is -0.469 e. The van der Waals surface area contributed by atoms with Gasteiger partial charge in [0.25, 0.3) is 0 Å². The van der Waals surface area contributed by atoms with Gasteiger partial charge in [-0.15, -0.1) is 0 Å². The van der Waals surface area contributed by atoms with Crippen LogP contribution in [0.5, 0.6) is 0 Å². The topological polar surface area (TPSA) is 121 Å². The molecule has 1 unspecified atom stereocenters. The molecule has 0 spiro atoms. The van der Waals surface area contributed by atoms with E-state index in [1.54, 1.807) is 0 Å². The van der Waals surface area contributed by atoms with E-state index in [-0.39, 0.29) is 11.1 Å². The highest BCUT2D eigenvalue weighted by Crippen LogP contribution is 2.27. The molecule has 0 saturated heterocycles. The lowest BCUT2D eigenvalue weighted by atomic mass is 9.80. The molecule has 2 aromatic carbocycles. The average molecular weight is 441 g/mol. The van der Waals surface area contributed by atoms with Gasteiger partial charge in [0.05, 0.1) is 13.5 Å². The standard InChI is InChI=1S/C20H18Cl2O7/c1-29-15(23)10-20(28,18(26)12-4-8-14(22)9-5-12)19(27)17(25)16(24)11-2-6-13(21)7-3-11/h2-9,17,19,25,27-28H,10H2,1H3/t17?,19-,20-/m0/s1. The van der Waals surface area contributed by atoms with Gasteiger partial charge in [0.15, 0.2) is 17.2 Å². The van der Waals surface area contributed by atoms with Gasteiger partial charge < -0.3 is 20.1 Å². The molecule has 2 aromatic rings. The Morgan fingerprint density at radius 1 is 0.931 bits per heavy atom. The van der Waals surface area contributed by atoms with E-state index in [2.05, 4.69) is 4.74 Å². The number of halogens is 2. The zero-order valence-electron chi connectivity index (χ0n) is 15.2. The van der Waals surface area contributed by atoms with Crippen LogP contribution in [0, 0.1) is 0 Å². The smallest absolute Gasteiger partial charge is 0.309 e. The largest absolute Gasteiger partial charge is 0.469 e. The molecule has 7 nitrogen and oxygen atoms in total. The number of rotatable bonds is 8. The van der Waals surface area contributed by atoms with Crippen LogP contribution in [0.1, 0.15) is 27.1 Å². The molecule has 0 heterocycles. The Hall–Kier alpha value is -2.29. The maximum atomic E-state index is 12.9. The number of ketones is 2. The van der Waals surface area contributed by atoms with Crippen molar-refractivity contribution in [3.8, 4) is 0 Å². The molecule has 0 bridgehead atoms. The third-order valence-corrected chi connectivity index (χ3v) is 4.83. The van der Waals surface area contributed by atoms with Gasteiger partial charge in [0.1, 0.15) is 12.2 Å². The zero-order valence-corrected chi connectivity index (χ0v) is 16.7. The summed E-state index contributed by atoms with van der Waals surface area (Å²) in [7, 11) is 1.02. The lowest BCUT2D eigenvalue weighted by Crippen LogP contribution is -2.57. The van der Waals surface area contributed by atoms with Gasteiger partial charge >= 0.3 is 5.97 Å². The number of hydrogen-bond acceptors (Lipinski definition) is 7. The number of methoxy groups -OCH3 is 1. The fourth-order valence-corrected chi connectivity index (χ4v) is 2.90. The van der Waals surface area contributed by atoms with Gasteiger partial charge in [-0.25, -0.2) is 0 Å². The molecule has 0 aliphatic carbocycles. The third-order valence-electron chi connectivity index (χ3n) is 4.33. The number of esters is 1. The second-order valence-electron chi connectivity index (χ2n) is 6.27. The molecular formula is C20H18Cl2O7. The maximum absolute atomic E-state index is 12.9. The summed E-state index contributed by atoms with van der Waals surface area (Å²) in [6.45, 7) is 0. The fraction of sp³-hybridized carbons (Fsp3) is 0.250. The van der Waals surface area contributed by atoms with E-state index in [1.807, 2.05) is 0 Å². The van der Waals surface area contributed by atoms with E-state index in [4.69, 9.17) is 23.2 Å². The van der Waals surface area contributed by atoms with Crippen LogP contribution in [0.2, 0.25) is 10.0 Å². The first-order valence-corrected chi connectivity index (χ1v) is 9.11. The van der Waals surface area contributed by atoms with Crippen molar-refractivity contribution >= 4 is 40.7 Å². The van der Waals surface area contributed by atoms with Gasteiger partial charge in [-0.1, -0.05) is 23.2 Å². The van der Waals surface area contributed by atoms with Crippen molar-refractivity contribution in [3.63, 3.8) is 0 Å². The third kappa shape index (κ3) is 5.20. The van der Waals surface area contributed by atoms with Crippen LogP contribution >= 0.6 is 23.2 Å². The number of carbonyl (C=O) groups excluding carboxylic acids is 3. The highest BCUT2D eigenvalue weighted by atomic mass is 35.5. The van der Waals surface area contributed by atoms with Gasteiger partial charge in [-0.2, -0.15) is 0 Å². The van der Waals surface area contributed by atoms with Crippen LogP contribution in [0.3, 0.4) is 0 Å². The van der Waals surface area contributed by atoms with Gasteiger partial charge in [-0.3, -0.25) is 14.4 Å². The molecule has 0 aromatic heterocycles. The Morgan fingerprint density at radius 3 is 1.83 bits per heavy atom. The summed E-state index contributed by atoms with van der Waals surface area (Å²) in [6.07, 6.45) is -5.52. The molecule has 0 aliphatic heterocycles. The minimum atomic E-state index is -2.83. The Bertz CT molecular complexity index is 896. The maximum Gasteiger partial charge on any atom is 0.309 e. The summed E-state index contributed by atoms with van der Waals surface area (Å²) in [5, 5.41) is 32.5. The molecule has 0 saturated carbocycles. The number of benzene rings is 2. The van der Waals surface area contributed by atoms with Gasteiger partial charge in [0.2, 0.25) is 0 Å². The van der Waals surface area contributed by atoms with Gasteiger partial charge in [0, 0.05) is 21.2 Å². The second-order valence-corrected chi connectivity index (χ2v) is 7.15. The van der Waals surface area contributed by atoms with E-state index >= 15 is 0 Å². The SMILES string of the molecule is COC(=O)C[C@](O)(C(=O)c1ccc(Cl)cc1)[C@@H](O)C(O)C(=O)c1ccc(Cl)cc1. The Balaban J connectivity index is 2.39. The first kappa shape index (κ1) is 23.0. The normalized spacial score (nSPS) is 15.1. The molecule has 2 rings (SSSR count). The predicted molar refractivity (Wildman–Crippen MR) is 105 cm³/mol. The van der Waals surface area contributed by atoms with Crippen molar-refractivity contribution in [2.45, 2.75) is 24.2 Å². The monoisotopic (exact) mass is 440 g/mol. The van der Waals surface area contributed by atoms with E-state index in [9.17, 15) is 29.7 Å². The van der Waals surface area contributed by atoms with Crippen LogP contribution in [-0.2, 0) is 9.53 Å². The molecule has 0 fully saturated rings. The summed E-state index contributed by atoms with van der Waals surface area (Å²) in [4.78, 5) is 37.1. The van der Waals surface area contributed by atoms with E-state index in [0.717, 1.165) is 7.11 Å². The molecule has 29 heavy (non-hydrogen) atoms. The van der Waals surface area contributed by atoms with Crippen molar-refractivity contribution in [3.05, 3.63) is 69.7 Å². The molecule has 0 radical (unpaired) electrons. The Kier molecular flexibility index (Phi) is 7.51. The molecule has 0 aliphatic rings. The summed E-state index contributed by atoms with van der Waals surface area (Å²) < 4.78 is 4.47. The number of hydrogen-bond donors (Lipinski definition) is 3. The van der Waals surface area contributed by atoms with Crippen molar-refractivity contribution in [2.24, 2.45) is 0 Å². The van der Waals surface area contributed by atoms with Crippen LogP contribution < -0.4 is 0 Å². The summed E-state index contributed by atoms with van der Waals surface area (Å²) in [5.74, 6) is -3.09. The molecule has 3 atom stereocenters. The Labute approximate surface area is 176 Å². The fourth-order valence-electron chi connectivity index (χ4n) is 2.65. The highest BCUT2D eigenvalue weighted by molar-refractivity contribution is 6.31. The van der Waals surface area contributed by atoms with E-state index in [1.165, 1.54) is 48.5 Å². The van der Waals surface area contributed by atoms with E-state index in [0.29, 0.717) is 10.0 Å². The molecular weight excluding hydrogens is 423 g/mol. The number of carbonyl (C=O) groups is 3. The number of aliphatic hydroxyl groups excluding tert-OH is 2. The molecule has 3 N–H and O–H groups in total. The van der Waals surface area contributed by atoms with Crippen molar-refractivity contribution in [2.75, 3.05) is 7.11 Å². The zero-order chi connectivity index (χ0) is 21.8. The van der Waals surface area contributed by atoms with Crippen molar-refractivity contribution in [1.29, 1.82) is 0 Å². The summed E-state index contributed by atoms with van der Waals surface area (Å²) in [6, 6.07) is 10.7. The summed E-state index contributed by atoms with van der Waals surface area (Å²) >= 11 is 11.5. The van der Waals surface area contributed by atoms with Crippen LogP contribution in [0.4, 0.5) is 0 Å².